The van der Waals surface area contributed by atoms with Gasteiger partial charge in [0.15, 0.2) is 6.04 Å². The summed E-state index contributed by atoms with van der Waals surface area (Å²) in [5.74, 6) is -2.51. The second kappa shape index (κ2) is 5.45. The standard InChI is InChI=1S/C11H8F3N3O2S/c12-11(13,14)9-16-10(20-17-9)15-7(8(18)19)6-4-2-1-3-5-6/h1-5,7H,(H,18,19)(H,15,16,17). The van der Waals surface area contributed by atoms with Gasteiger partial charge in [-0.05, 0) is 5.56 Å². The number of aromatic nitrogens is 2. The zero-order valence-corrected chi connectivity index (χ0v) is 10.6. The molecule has 1 aromatic heterocycles. The van der Waals surface area contributed by atoms with Crippen LogP contribution >= 0.6 is 11.5 Å². The Labute approximate surface area is 115 Å². The third-order valence-electron chi connectivity index (χ3n) is 2.33. The normalized spacial score (nSPS) is 12.9. The highest BCUT2D eigenvalue weighted by atomic mass is 32.1. The van der Waals surface area contributed by atoms with Gasteiger partial charge in [-0.2, -0.15) is 22.5 Å². The van der Waals surface area contributed by atoms with E-state index in [1.54, 1.807) is 30.3 Å². The van der Waals surface area contributed by atoms with Gasteiger partial charge in [-0.25, -0.2) is 4.79 Å². The molecule has 2 aromatic rings. The van der Waals surface area contributed by atoms with Crippen molar-refractivity contribution in [3.05, 3.63) is 41.7 Å². The Bertz CT molecular complexity index is 600. The second-order valence-corrected chi connectivity index (χ2v) is 4.50. The summed E-state index contributed by atoms with van der Waals surface area (Å²) in [4.78, 5) is 14.4. The first-order valence-corrected chi connectivity index (χ1v) is 6.10. The lowest BCUT2D eigenvalue weighted by Gasteiger charge is -2.13. The maximum absolute atomic E-state index is 12.4. The van der Waals surface area contributed by atoms with Gasteiger partial charge in [-0.1, -0.05) is 30.3 Å². The molecule has 0 aliphatic carbocycles. The number of alkyl halides is 3. The van der Waals surface area contributed by atoms with Gasteiger partial charge in [0.1, 0.15) is 0 Å². The van der Waals surface area contributed by atoms with Crippen LogP contribution in [0.4, 0.5) is 18.3 Å². The number of carboxylic acids is 1. The Kier molecular flexibility index (Phi) is 3.89. The number of aliphatic carboxylic acids is 1. The third-order valence-corrected chi connectivity index (χ3v) is 2.97. The monoisotopic (exact) mass is 303 g/mol. The fourth-order valence-corrected chi connectivity index (χ4v) is 2.07. The Morgan fingerprint density at radius 1 is 1.30 bits per heavy atom. The molecule has 0 saturated heterocycles. The molecule has 2 N–H and O–H groups in total. The lowest BCUT2D eigenvalue weighted by atomic mass is 10.1. The second-order valence-electron chi connectivity index (χ2n) is 3.75. The van der Waals surface area contributed by atoms with E-state index in [0.29, 0.717) is 17.1 Å². The van der Waals surface area contributed by atoms with Gasteiger partial charge in [0.2, 0.25) is 11.0 Å². The Morgan fingerprint density at radius 3 is 2.45 bits per heavy atom. The lowest BCUT2D eigenvalue weighted by Crippen LogP contribution is -2.20. The molecule has 0 amide bonds. The minimum atomic E-state index is -4.65. The predicted octanol–water partition coefficient (Wildman–Crippen LogP) is 2.79. The molecule has 0 aliphatic rings. The highest BCUT2D eigenvalue weighted by molar-refractivity contribution is 7.09. The molecular formula is C11H8F3N3O2S. The molecule has 1 aromatic carbocycles. The van der Waals surface area contributed by atoms with Crippen LogP contribution in [0.3, 0.4) is 0 Å². The van der Waals surface area contributed by atoms with Crippen molar-refractivity contribution in [2.24, 2.45) is 0 Å². The summed E-state index contributed by atoms with van der Waals surface area (Å²) in [6, 6.07) is 6.89. The van der Waals surface area contributed by atoms with Crippen LogP contribution < -0.4 is 5.32 Å². The van der Waals surface area contributed by atoms with Crippen molar-refractivity contribution in [1.29, 1.82) is 0 Å². The molecule has 1 atom stereocenters. The van der Waals surface area contributed by atoms with E-state index in [1.807, 2.05) is 0 Å². The highest BCUT2D eigenvalue weighted by Crippen LogP contribution is 2.30. The zero-order valence-electron chi connectivity index (χ0n) is 9.76. The van der Waals surface area contributed by atoms with E-state index < -0.39 is 24.0 Å². The van der Waals surface area contributed by atoms with Gasteiger partial charge in [0, 0.05) is 11.5 Å². The molecular weight excluding hydrogens is 295 g/mol. The molecule has 9 heteroatoms. The molecule has 1 heterocycles. The quantitative estimate of drug-likeness (QED) is 0.908. The van der Waals surface area contributed by atoms with E-state index >= 15 is 0 Å². The van der Waals surface area contributed by atoms with Crippen LogP contribution in [0.15, 0.2) is 30.3 Å². The Balaban J connectivity index is 2.22. The minimum Gasteiger partial charge on any atom is -0.479 e. The first-order chi connectivity index (χ1) is 9.38. The number of halogens is 3. The fraction of sp³-hybridized carbons (Fsp3) is 0.182. The van der Waals surface area contributed by atoms with Crippen LogP contribution in [-0.2, 0) is 11.0 Å². The van der Waals surface area contributed by atoms with Crippen molar-refractivity contribution in [2.75, 3.05) is 5.32 Å². The predicted molar refractivity (Wildman–Crippen MR) is 65.4 cm³/mol. The number of carbonyl (C=O) groups is 1. The number of carboxylic acid groups (broad SMARTS) is 1. The Morgan fingerprint density at radius 2 is 1.95 bits per heavy atom. The third kappa shape index (κ3) is 3.23. The maximum Gasteiger partial charge on any atom is 0.452 e. The molecule has 2 rings (SSSR count). The van der Waals surface area contributed by atoms with E-state index in [-0.39, 0.29) is 5.13 Å². The molecule has 0 spiro atoms. The highest BCUT2D eigenvalue weighted by Gasteiger charge is 2.36. The maximum atomic E-state index is 12.4. The number of nitrogens with zero attached hydrogens (tertiary/aromatic N) is 2. The number of rotatable bonds is 4. The lowest BCUT2D eigenvalue weighted by molar-refractivity contribution is -0.144. The first-order valence-electron chi connectivity index (χ1n) is 5.33. The van der Waals surface area contributed by atoms with E-state index in [1.165, 1.54) is 0 Å². The zero-order chi connectivity index (χ0) is 14.8. The summed E-state index contributed by atoms with van der Waals surface area (Å²) < 4.78 is 40.2. The molecule has 0 radical (unpaired) electrons. The van der Waals surface area contributed by atoms with Gasteiger partial charge in [0.25, 0.3) is 0 Å². The summed E-state index contributed by atoms with van der Waals surface area (Å²) in [5, 5.41) is 11.4. The van der Waals surface area contributed by atoms with E-state index in [9.17, 15) is 18.0 Å². The first kappa shape index (κ1) is 14.3. The fourth-order valence-electron chi connectivity index (χ4n) is 1.45. The molecule has 106 valence electrons. The summed E-state index contributed by atoms with van der Waals surface area (Å²) in [6.07, 6.45) is -4.65. The average molecular weight is 303 g/mol. The SMILES string of the molecule is O=C(O)C(Nc1nc(C(F)(F)F)ns1)c1ccccc1. The average Bonchev–Trinajstić information content (AvgIpc) is 2.85. The number of benzene rings is 1. The summed E-state index contributed by atoms with van der Waals surface area (Å²) in [7, 11) is 0. The molecule has 5 nitrogen and oxygen atoms in total. The summed E-state index contributed by atoms with van der Waals surface area (Å²) in [6.45, 7) is 0. The Hall–Kier alpha value is -2.16. The van der Waals surface area contributed by atoms with Crippen LogP contribution in [0.5, 0.6) is 0 Å². The van der Waals surface area contributed by atoms with Crippen molar-refractivity contribution >= 4 is 22.6 Å². The molecule has 1 unspecified atom stereocenters. The van der Waals surface area contributed by atoms with E-state index in [4.69, 9.17) is 5.11 Å². The smallest absolute Gasteiger partial charge is 0.452 e. The topological polar surface area (TPSA) is 75.1 Å². The van der Waals surface area contributed by atoms with Crippen LogP contribution in [0.25, 0.3) is 0 Å². The molecule has 20 heavy (non-hydrogen) atoms. The summed E-state index contributed by atoms with van der Waals surface area (Å²) >= 11 is 0.461. The minimum absolute atomic E-state index is 0.200. The number of nitrogens with one attached hydrogen (secondary N) is 1. The van der Waals surface area contributed by atoms with Crippen LogP contribution in [0.1, 0.15) is 17.4 Å². The van der Waals surface area contributed by atoms with Gasteiger partial charge >= 0.3 is 12.1 Å². The largest absolute Gasteiger partial charge is 0.479 e. The van der Waals surface area contributed by atoms with Crippen molar-refractivity contribution in [3.63, 3.8) is 0 Å². The summed E-state index contributed by atoms with van der Waals surface area (Å²) in [5.41, 5.74) is 0.406. The van der Waals surface area contributed by atoms with Gasteiger partial charge in [-0.3, -0.25) is 0 Å². The molecule has 0 saturated carbocycles. The molecule has 0 aliphatic heterocycles. The number of hydrogen-bond acceptors (Lipinski definition) is 5. The van der Waals surface area contributed by atoms with Crippen LogP contribution in [0.2, 0.25) is 0 Å². The van der Waals surface area contributed by atoms with Crippen molar-refractivity contribution in [1.82, 2.24) is 9.36 Å². The van der Waals surface area contributed by atoms with Crippen molar-refractivity contribution in [2.45, 2.75) is 12.2 Å². The van der Waals surface area contributed by atoms with Crippen LogP contribution in [-0.4, -0.2) is 20.4 Å². The van der Waals surface area contributed by atoms with Gasteiger partial charge in [-0.15, -0.1) is 0 Å². The van der Waals surface area contributed by atoms with Crippen LogP contribution in [0, 0.1) is 0 Å². The number of hydrogen-bond donors (Lipinski definition) is 2. The van der Waals surface area contributed by atoms with Gasteiger partial charge in [0.05, 0.1) is 0 Å². The molecule has 0 bridgehead atoms. The van der Waals surface area contributed by atoms with Crippen molar-refractivity contribution < 1.29 is 23.1 Å². The van der Waals surface area contributed by atoms with E-state index in [2.05, 4.69) is 14.7 Å². The molecule has 0 fully saturated rings. The van der Waals surface area contributed by atoms with Crippen molar-refractivity contribution in [3.8, 4) is 0 Å². The van der Waals surface area contributed by atoms with Gasteiger partial charge < -0.3 is 10.4 Å². The number of anilines is 1. The van der Waals surface area contributed by atoms with E-state index in [0.717, 1.165) is 0 Å².